The Morgan fingerprint density at radius 3 is 1.69 bits per heavy atom. The van der Waals surface area contributed by atoms with Crippen LogP contribution in [0.2, 0.25) is 5.02 Å². The van der Waals surface area contributed by atoms with Crippen LogP contribution in [0.25, 0.3) is 11.1 Å². The van der Waals surface area contributed by atoms with Crippen LogP contribution >= 0.6 is 11.6 Å². The Kier molecular flexibility index (Phi) is 4.65. The zero-order valence-electron chi connectivity index (χ0n) is 18.1. The molecule has 168 valence electrons. The molecule has 0 fully saturated rings. The van der Waals surface area contributed by atoms with Crippen molar-refractivity contribution in [2.45, 2.75) is 0 Å². The molecule has 4 aromatic rings. The Morgan fingerprint density at radius 2 is 1.03 bits per heavy atom. The van der Waals surface area contributed by atoms with Gasteiger partial charge in [-0.3, -0.25) is 19.2 Å². The first-order valence-electron chi connectivity index (χ1n) is 10.8. The molecule has 0 radical (unpaired) electrons. The highest BCUT2D eigenvalue weighted by Crippen LogP contribution is 2.34. The molecular formula is C28H15ClN2O4. The third-order valence-corrected chi connectivity index (χ3v) is 6.44. The van der Waals surface area contributed by atoms with E-state index in [4.69, 9.17) is 11.6 Å². The van der Waals surface area contributed by atoms with Crippen LogP contribution in [0.3, 0.4) is 0 Å². The molecule has 35 heavy (non-hydrogen) atoms. The van der Waals surface area contributed by atoms with E-state index >= 15 is 0 Å². The van der Waals surface area contributed by atoms with Crippen LogP contribution < -0.4 is 9.80 Å². The summed E-state index contributed by atoms with van der Waals surface area (Å²) in [4.78, 5) is 53.7. The monoisotopic (exact) mass is 478 g/mol. The number of carbonyl (C=O) groups excluding carboxylic acids is 4. The van der Waals surface area contributed by atoms with E-state index in [1.54, 1.807) is 78.9 Å². The number of imide groups is 2. The smallest absolute Gasteiger partial charge is 0.266 e. The summed E-state index contributed by atoms with van der Waals surface area (Å²) in [5.74, 6) is -1.54. The molecule has 7 heteroatoms. The molecule has 2 aliphatic rings. The number of fused-ring (bicyclic) bond motifs is 2. The van der Waals surface area contributed by atoms with Gasteiger partial charge in [0, 0.05) is 5.02 Å². The summed E-state index contributed by atoms with van der Waals surface area (Å²) in [6.45, 7) is 0. The fourth-order valence-electron chi connectivity index (χ4n) is 4.50. The zero-order valence-corrected chi connectivity index (χ0v) is 18.8. The maximum atomic E-state index is 12.9. The lowest BCUT2D eigenvalue weighted by Gasteiger charge is -2.16. The van der Waals surface area contributed by atoms with Crippen molar-refractivity contribution in [3.63, 3.8) is 0 Å². The van der Waals surface area contributed by atoms with E-state index in [0.717, 1.165) is 16.0 Å². The lowest BCUT2D eigenvalue weighted by atomic mass is 10.0. The molecule has 0 atom stereocenters. The van der Waals surface area contributed by atoms with Crippen molar-refractivity contribution in [3.8, 4) is 11.1 Å². The molecule has 0 aliphatic carbocycles. The van der Waals surface area contributed by atoms with Crippen molar-refractivity contribution >= 4 is 46.6 Å². The number of carbonyl (C=O) groups is 4. The van der Waals surface area contributed by atoms with E-state index in [1.165, 1.54) is 11.0 Å². The molecule has 6 nitrogen and oxygen atoms in total. The predicted molar refractivity (Wildman–Crippen MR) is 132 cm³/mol. The highest BCUT2D eigenvalue weighted by Gasteiger charge is 2.37. The van der Waals surface area contributed by atoms with Gasteiger partial charge in [0.1, 0.15) is 0 Å². The summed E-state index contributed by atoms with van der Waals surface area (Å²) in [7, 11) is 0. The molecule has 0 spiro atoms. The largest absolute Gasteiger partial charge is 0.268 e. The second-order valence-electron chi connectivity index (χ2n) is 8.22. The van der Waals surface area contributed by atoms with Gasteiger partial charge in [0.2, 0.25) is 0 Å². The molecule has 0 aromatic heterocycles. The highest BCUT2D eigenvalue weighted by molar-refractivity contribution is 6.37. The van der Waals surface area contributed by atoms with Crippen LogP contribution in [0, 0.1) is 0 Å². The average Bonchev–Trinajstić information content (AvgIpc) is 3.28. The number of nitrogens with zero attached hydrogens (tertiary/aromatic N) is 2. The summed E-state index contributed by atoms with van der Waals surface area (Å²) in [5.41, 5.74) is 3.84. The van der Waals surface area contributed by atoms with Gasteiger partial charge >= 0.3 is 0 Å². The van der Waals surface area contributed by atoms with Gasteiger partial charge in [0.15, 0.2) is 0 Å². The zero-order chi connectivity index (χ0) is 24.3. The van der Waals surface area contributed by atoms with Gasteiger partial charge < -0.3 is 0 Å². The topological polar surface area (TPSA) is 74.8 Å². The fourth-order valence-corrected chi connectivity index (χ4v) is 4.67. The minimum Gasteiger partial charge on any atom is -0.268 e. The minimum absolute atomic E-state index is 0.278. The highest BCUT2D eigenvalue weighted by atomic mass is 35.5. The Bertz CT molecular complexity index is 1560. The summed E-state index contributed by atoms with van der Waals surface area (Å²) < 4.78 is 0. The maximum Gasteiger partial charge on any atom is 0.266 e. The van der Waals surface area contributed by atoms with Crippen LogP contribution in [-0.4, -0.2) is 23.6 Å². The van der Waals surface area contributed by atoms with E-state index in [9.17, 15) is 19.2 Å². The van der Waals surface area contributed by atoms with Crippen molar-refractivity contribution in [1.82, 2.24) is 0 Å². The summed E-state index contributed by atoms with van der Waals surface area (Å²) in [6.07, 6.45) is 0. The van der Waals surface area contributed by atoms with Crippen LogP contribution in [0.4, 0.5) is 11.4 Å². The van der Waals surface area contributed by atoms with E-state index in [1.807, 2.05) is 6.07 Å². The van der Waals surface area contributed by atoms with E-state index < -0.39 is 11.8 Å². The van der Waals surface area contributed by atoms with Crippen molar-refractivity contribution in [2.24, 2.45) is 0 Å². The minimum atomic E-state index is -0.423. The first kappa shape index (κ1) is 21.0. The Labute approximate surface area is 205 Å². The molecule has 4 amide bonds. The summed E-state index contributed by atoms with van der Waals surface area (Å²) in [5, 5.41) is 0.389. The SMILES string of the molecule is O=C1c2ccccc2C(=O)N1c1cccc(-c2ccc(N3C(=O)c4ccc(Cl)cc4C3=O)cc2)c1. The van der Waals surface area contributed by atoms with Gasteiger partial charge in [0.25, 0.3) is 23.6 Å². The quantitative estimate of drug-likeness (QED) is 0.359. The van der Waals surface area contributed by atoms with Gasteiger partial charge in [0.05, 0.1) is 33.6 Å². The second-order valence-corrected chi connectivity index (χ2v) is 8.66. The van der Waals surface area contributed by atoms with Crippen molar-refractivity contribution < 1.29 is 19.2 Å². The first-order chi connectivity index (χ1) is 16.9. The van der Waals surface area contributed by atoms with Gasteiger partial charge in [-0.1, -0.05) is 48.0 Å². The van der Waals surface area contributed by atoms with Crippen LogP contribution in [0.5, 0.6) is 0 Å². The number of hydrogen-bond donors (Lipinski definition) is 0. The van der Waals surface area contributed by atoms with Crippen molar-refractivity contribution in [1.29, 1.82) is 0 Å². The number of halogens is 1. The molecule has 4 aromatic carbocycles. The Hall–Kier alpha value is -4.55. The number of anilines is 2. The predicted octanol–water partition coefficient (Wildman–Crippen LogP) is 5.61. The molecule has 0 bridgehead atoms. The molecular weight excluding hydrogens is 464 g/mol. The van der Waals surface area contributed by atoms with Crippen LogP contribution in [0.15, 0.2) is 91.0 Å². The van der Waals surface area contributed by atoms with Gasteiger partial charge in [-0.05, 0) is 65.7 Å². The van der Waals surface area contributed by atoms with Gasteiger partial charge in [-0.2, -0.15) is 0 Å². The van der Waals surface area contributed by atoms with E-state index in [-0.39, 0.29) is 17.4 Å². The summed E-state index contributed by atoms with van der Waals surface area (Å²) >= 11 is 6.00. The van der Waals surface area contributed by atoms with Crippen molar-refractivity contribution in [3.05, 3.63) is 118 Å². The van der Waals surface area contributed by atoms with Crippen LogP contribution in [0.1, 0.15) is 41.4 Å². The Balaban J connectivity index is 1.30. The molecule has 0 saturated heterocycles. The number of rotatable bonds is 3. The van der Waals surface area contributed by atoms with Gasteiger partial charge in [-0.25, -0.2) is 9.80 Å². The molecule has 0 N–H and O–H groups in total. The van der Waals surface area contributed by atoms with E-state index in [2.05, 4.69) is 0 Å². The lowest BCUT2D eigenvalue weighted by molar-refractivity contribution is 0.0910. The Morgan fingerprint density at radius 1 is 0.457 bits per heavy atom. The van der Waals surface area contributed by atoms with Gasteiger partial charge in [-0.15, -0.1) is 0 Å². The maximum absolute atomic E-state index is 12.9. The number of amides is 4. The lowest BCUT2D eigenvalue weighted by Crippen LogP contribution is -2.29. The van der Waals surface area contributed by atoms with Crippen molar-refractivity contribution in [2.75, 3.05) is 9.80 Å². The molecule has 6 rings (SSSR count). The average molecular weight is 479 g/mol. The number of benzene rings is 4. The first-order valence-corrected chi connectivity index (χ1v) is 11.2. The van der Waals surface area contributed by atoms with E-state index in [0.29, 0.717) is 33.1 Å². The molecule has 0 saturated carbocycles. The third kappa shape index (κ3) is 3.19. The second kappa shape index (κ2) is 7.75. The molecule has 2 aliphatic heterocycles. The third-order valence-electron chi connectivity index (χ3n) is 6.21. The standard InChI is InChI=1S/C28H15ClN2O4/c29-18-10-13-23-24(15-18)28(35)30(27(23)34)19-11-8-16(9-12-19)17-4-3-5-20(14-17)31-25(32)21-6-1-2-7-22(21)26(31)33/h1-15H. The molecule has 0 unspecified atom stereocenters. The summed E-state index contributed by atoms with van der Waals surface area (Å²) in [6, 6.07) is 25.4. The number of hydrogen-bond acceptors (Lipinski definition) is 4. The molecule has 2 heterocycles. The normalized spacial score (nSPS) is 14.5. The fraction of sp³-hybridized carbons (Fsp3) is 0. The van der Waals surface area contributed by atoms with Crippen LogP contribution in [-0.2, 0) is 0 Å².